The monoisotopic (exact) mass is 301 g/mol. The first-order valence-corrected chi connectivity index (χ1v) is 6.38. The summed E-state index contributed by atoms with van der Waals surface area (Å²) in [6.07, 6.45) is 2.10. The minimum atomic E-state index is -0.906. The predicted octanol–water partition coefficient (Wildman–Crippen LogP) is 2.31. The number of rotatable bonds is 5. The third-order valence-corrected chi connectivity index (χ3v) is 3.18. The Labute approximate surface area is 120 Å². The molecule has 0 radical (unpaired) electrons. The summed E-state index contributed by atoms with van der Waals surface area (Å²) in [4.78, 5) is 3.94. The smallest absolute Gasteiger partial charge is 0.129 e. The molecule has 7 heteroatoms. The van der Waals surface area contributed by atoms with Crippen molar-refractivity contribution in [3.8, 4) is 0 Å². The van der Waals surface area contributed by atoms with Gasteiger partial charge < -0.3 is 9.84 Å². The molecule has 5 nitrogen and oxygen atoms in total. The molecule has 0 fully saturated rings. The molecular formula is C12H13Cl2N3O2. The van der Waals surface area contributed by atoms with Gasteiger partial charge in [0.25, 0.3) is 0 Å². The predicted molar refractivity (Wildman–Crippen MR) is 72.4 cm³/mol. The fourth-order valence-corrected chi connectivity index (χ4v) is 2.06. The lowest BCUT2D eigenvalue weighted by Gasteiger charge is -2.14. The van der Waals surface area contributed by atoms with E-state index in [-0.39, 0.29) is 0 Å². The summed E-state index contributed by atoms with van der Waals surface area (Å²) < 4.78 is 6.61. The summed E-state index contributed by atoms with van der Waals surface area (Å²) in [6.45, 7) is 0.993. The first-order chi connectivity index (χ1) is 9.13. The topological polar surface area (TPSA) is 60.2 Å². The molecule has 1 unspecified atom stereocenters. The Morgan fingerprint density at radius 1 is 1.37 bits per heavy atom. The number of hydrogen-bond donors (Lipinski definition) is 1. The molecule has 102 valence electrons. The summed E-state index contributed by atoms with van der Waals surface area (Å²) in [5.41, 5.74) is 1.12. The third kappa shape index (κ3) is 3.25. The van der Waals surface area contributed by atoms with Crippen molar-refractivity contribution < 1.29 is 9.84 Å². The molecule has 0 saturated carbocycles. The quantitative estimate of drug-likeness (QED) is 0.861. The Kier molecular flexibility index (Phi) is 4.76. The Hall–Kier alpha value is -1.14. The zero-order valence-electron chi connectivity index (χ0n) is 10.3. The van der Waals surface area contributed by atoms with E-state index in [0.29, 0.717) is 34.6 Å². The molecule has 19 heavy (non-hydrogen) atoms. The zero-order chi connectivity index (χ0) is 13.8. The van der Waals surface area contributed by atoms with Gasteiger partial charge >= 0.3 is 0 Å². The van der Waals surface area contributed by atoms with E-state index in [1.165, 1.54) is 12.4 Å². The summed E-state index contributed by atoms with van der Waals surface area (Å²) in [7, 11) is 1.60. The van der Waals surface area contributed by atoms with Gasteiger partial charge in [-0.15, -0.1) is 0 Å². The second kappa shape index (κ2) is 6.34. The number of methoxy groups -OCH3 is 1. The van der Waals surface area contributed by atoms with E-state index < -0.39 is 6.10 Å². The molecule has 2 heterocycles. The lowest BCUT2D eigenvalue weighted by atomic mass is 10.1. The van der Waals surface area contributed by atoms with Crippen LogP contribution >= 0.6 is 23.2 Å². The van der Waals surface area contributed by atoms with Gasteiger partial charge in [0.15, 0.2) is 0 Å². The summed E-state index contributed by atoms with van der Waals surface area (Å²) in [5, 5.41) is 15.3. The lowest BCUT2D eigenvalue weighted by Crippen LogP contribution is -2.13. The first-order valence-electron chi connectivity index (χ1n) is 5.63. The van der Waals surface area contributed by atoms with Gasteiger partial charge in [0.1, 0.15) is 11.3 Å². The van der Waals surface area contributed by atoms with Crippen LogP contribution in [0.2, 0.25) is 10.2 Å². The minimum absolute atomic E-state index is 0.370. The second-order valence-electron chi connectivity index (χ2n) is 3.91. The van der Waals surface area contributed by atoms with Crippen LogP contribution in [0.15, 0.2) is 24.5 Å². The van der Waals surface area contributed by atoms with Crippen LogP contribution in [-0.2, 0) is 11.3 Å². The van der Waals surface area contributed by atoms with Gasteiger partial charge in [0.2, 0.25) is 0 Å². The molecule has 0 spiro atoms. The molecule has 0 bridgehead atoms. The highest BCUT2D eigenvalue weighted by atomic mass is 35.5. The van der Waals surface area contributed by atoms with Crippen LogP contribution < -0.4 is 0 Å². The normalized spacial score (nSPS) is 12.6. The maximum atomic E-state index is 10.4. The van der Waals surface area contributed by atoms with Gasteiger partial charge in [0, 0.05) is 18.9 Å². The number of pyridine rings is 1. The highest BCUT2D eigenvalue weighted by Crippen LogP contribution is 2.28. The summed E-state index contributed by atoms with van der Waals surface area (Å²) in [6, 6.07) is 3.31. The first kappa shape index (κ1) is 14.3. The molecule has 2 aromatic heterocycles. The van der Waals surface area contributed by atoms with Crippen molar-refractivity contribution in [2.75, 3.05) is 13.7 Å². The van der Waals surface area contributed by atoms with E-state index in [0.717, 1.165) is 0 Å². The van der Waals surface area contributed by atoms with E-state index in [1.807, 2.05) is 0 Å². The fourth-order valence-electron chi connectivity index (χ4n) is 1.71. The Morgan fingerprint density at radius 2 is 2.16 bits per heavy atom. The van der Waals surface area contributed by atoms with Gasteiger partial charge in [-0.2, -0.15) is 5.10 Å². The molecule has 0 aromatic carbocycles. The molecule has 0 amide bonds. The van der Waals surface area contributed by atoms with Gasteiger partial charge in [-0.05, 0) is 6.07 Å². The van der Waals surface area contributed by atoms with Crippen LogP contribution in [-0.4, -0.2) is 33.6 Å². The molecule has 1 atom stereocenters. The molecule has 0 aliphatic rings. The molecule has 0 aliphatic heterocycles. The van der Waals surface area contributed by atoms with Crippen LogP contribution in [0.5, 0.6) is 0 Å². The van der Waals surface area contributed by atoms with E-state index >= 15 is 0 Å². The molecule has 1 N–H and O–H groups in total. The Bertz CT molecular complexity index is 542. The summed E-state index contributed by atoms with van der Waals surface area (Å²) >= 11 is 11.8. The second-order valence-corrected chi connectivity index (χ2v) is 4.70. The van der Waals surface area contributed by atoms with Crippen molar-refractivity contribution >= 4 is 23.2 Å². The lowest BCUT2D eigenvalue weighted by molar-refractivity contribution is 0.171. The van der Waals surface area contributed by atoms with Crippen molar-refractivity contribution in [3.63, 3.8) is 0 Å². The highest BCUT2D eigenvalue weighted by molar-refractivity contribution is 6.31. The number of aliphatic hydroxyl groups excluding tert-OH is 1. The minimum Gasteiger partial charge on any atom is -0.383 e. The SMILES string of the molecule is COCCn1ncc(Cl)c1C(O)c1ccc(Cl)nc1. The van der Waals surface area contributed by atoms with Crippen LogP contribution in [0.25, 0.3) is 0 Å². The van der Waals surface area contributed by atoms with E-state index in [9.17, 15) is 5.11 Å². The number of halogens is 2. The Morgan fingerprint density at radius 3 is 2.79 bits per heavy atom. The molecule has 0 aliphatic carbocycles. The van der Waals surface area contributed by atoms with E-state index in [2.05, 4.69) is 10.1 Å². The zero-order valence-corrected chi connectivity index (χ0v) is 11.8. The molecule has 0 saturated heterocycles. The summed E-state index contributed by atoms with van der Waals surface area (Å²) in [5.74, 6) is 0. The van der Waals surface area contributed by atoms with Crippen LogP contribution in [0.3, 0.4) is 0 Å². The van der Waals surface area contributed by atoms with Crippen molar-refractivity contribution in [2.24, 2.45) is 0 Å². The average Bonchev–Trinajstić information content (AvgIpc) is 2.77. The molecule has 2 aromatic rings. The number of aliphatic hydroxyl groups is 1. The van der Waals surface area contributed by atoms with Crippen molar-refractivity contribution in [1.82, 2.24) is 14.8 Å². The largest absolute Gasteiger partial charge is 0.383 e. The van der Waals surface area contributed by atoms with Crippen LogP contribution in [0, 0.1) is 0 Å². The number of aromatic nitrogens is 3. The van der Waals surface area contributed by atoms with E-state index in [1.54, 1.807) is 23.9 Å². The van der Waals surface area contributed by atoms with Gasteiger partial charge in [-0.3, -0.25) is 4.68 Å². The maximum absolute atomic E-state index is 10.4. The van der Waals surface area contributed by atoms with Crippen molar-refractivity contribution in [3.05, 3.63) is 46.0 Å². The number of ether oxygens (including phenoxy) is 1. The highest BCUT2D eigenvalue weighted by Gasteiger charge is 2.20. The third-order valence-electron chi connectivity index (χ3n) is 2.67. The fraction of sp³-hybridized carbons (Fsp3) is 0.333. The van der Waals surface area contributed by atoms with Crippen LogP contribution in [0.1, 0.15) is 17.4 Å². The average molecular weight is 302 g/mol. The standard InChI is InChI=1S/C12H13Cl2N3O2/c1-19-5-4-17-11(9(13)7-16-17)12(18)8-2-3-10(14)15-6-8/h2-3,6-7,12,18H,4-5H2,1H3. The number of hydrogen-bond acceptors (Lipinski definition) is 4. The van der Waals surface area contributed by atoms with Gasteiger partial charge in [-0.1, -0.05) is 29.3 Å². The van der Waals surface area contributed by atoms with Crippen LogP contribution in [0.4, 0.5) is 0 Å². The molecular weight excluding hydrogens is 289 g/mol. The Balaban J connectivity index is 2.29. The van der Waals surface area contributed by atoms with E-state index in [4.69, 9.17) is 27.9 Å². The van der Waals surface area contributed by atoms with Gasteiger partial charge in [-0.25, -0.2) is 4.98 Å². The van der Waals surface area contributed by atoms with Crippen molar-refractivity contribution in [2.45, 2.75) is 12.6 Å². The van der Waals surface area contributed by atoms with Crippen molar-refractivity contribution in [1.29, 1.82) is 0 Å². The number of nitrogens with zero attached hydrogens (tertiary/aromatic N) is 3. The van der Waals surface area contributed by atoms with Gasteiger partial charge in [0.05, 0.1) is 30.1 Å². The maximum Gasteiger partial charge on any atom is 0.129 e. The molecule has 2 rings (SSSR count).